The van der Waals surface area contributed by atoms with Crippen LogP contribution in [0.25, 0.3) is 21.8 Å². The van der Waals surface area contributed by atoms with Gasteiger partial charge in [-0.25, -0.2) is 9.98 Å². The van der Waals surface area contributed by atoms with Crippen molar-refractivity contribution in [3.63, 3.8) is 0 Å². The summed E-state index contributed by atoms with van der Waals surface area (Å²) in [4.78, 5) is 9.02. The number of fused-ring (bicyclic) bond motifs is 2. The molecule has 37 heavy (non-hydrogen) atoms. The number of H-pyrrole nitrogens is 2. The fourth-order valence-corrected chi connectivity index (χ4v) is 5.79. The number of rotatable bonds is 8. The fraction of sp³-hybridized carbons (Fsp3) is 0.120. The molecule has 12 heteroatoms. The van der Waals surface area contributed by atoms with Gasteiger partial charge in [0.05, 0.1) is 0 Å². The summed E-state index contributed by atoms with van der Waals surface area (Å²) in [7, 11) is 0. The van der Waals surface area contributed by atoms with Crippen molar-refractivity contribution in [1.29, 1.82) is 0 Å². The number of benzene rings is 2. The second-order valence-electron chi connectivity index (χ2n) is 8.25. The van der Waals surface area contributed by atoms with E-state index in [0.29, 0.717) is 18.2 Å². The summed E-state index contributed by atoms with van der Waals surface area (Å²) in [5.41, 5.74) is 4.49. The van der Waals surface area contributed by atoms with Gasteiger partial charge in [-0.2, -0.15) is 0 Å². The van der Waals surface area contributed by atoms with E-state index in [2.05, 4.69) is 100 Å². The molecule has 0 fully saturated rings. The second kappa shape index (κ2) is 10.4. The number of aryl methyl sites for hydroxylation is 2. The van der Waals surface area contributed by atoms with Crippen LogP contribution >= 0.6 is 47.1 Å². The fourth-order valence-electron chi connectivity index (χ4n) is 4.34. The van der Waals surface area contributed by atoms with Crippen molar-refractivity contribution >= 4 is 91.6 Å². The zero-order valence-electron chi connectivity index (χ0n) is 19.4. The molecule has 0 aliphatic rings. The Morgan fingerprint density at radius 3 is 1.62 bits per heavy atom. The maximum atomic E-state index is 5.11. The lowest BCUT2D eigenvalue weighted by Crippen LogP contribution is -2.02. The molecular weight excluding hydrogens is 541 g/mol. The van der Waals surface area contributed by atoms with E-state index in [-0.39, 0.29) is 0 Å². The van der Waals surface area contributed by atoms with Gasteiger partial charge in [-0.1, -0.05) is 59.1 Å². The largest absolute Gasteiger partial charge is 0.347 e. The SMILES string of the molecule is S=c1[nH]nc(/N=C/c2cn(CCCn3cc(/C=N/c4n[nH]c(=S)s4)c4ccccc43)c3ccccc23)s1. The second-order valence-corrected chi connectivity index (χ2v) is 11.5. The predicted octanol–water partition coefficient (Wildman–Crippen LogP) is 7.22. The number of para-hydroxylation sites is 2. The summed E-state index contributed by atoms with van der Waals surface area (Å²) < 4.78 is 5.83. The summed E-state index contributed by atoms with van der Waals surface area (Å²) >= 11 is 12.9. The Kier molecular flexibility index (Phi) is 6.70. The van der Waals surface area contributed by atoms with Crippen LogP contribution in [0.3, 0.4) is 0 Å². The van der Waals surface area contributed by atoms with Gasteiger partial charge in [0, 0.05) is 70.8 Å². The van der Waals surface area contributed by atoms with Crippen molar-refractivity contribution in [3.8, 4) is 0 Å². The third-order valence-electron chi connectivity index (χ3n) is 5.92. The highest BCUT2D eigenvalue weighted by Crippen LogP contribution is 2.24. The summed E-state index contributed by atoms with van der Waals surface area (Å²) in [6.45, 7) is 1.75. The molecule has 0 saturated carbocycles. The van der Waals surface area contributed by atoms with Crippen LogP contribution in [-0.2, 0) is 13.1 Å². The van der Waals surface area contributed by atoms with Crippen LogP contribution in [-0.4, -0.2) is 42.0 Å². The van der Waals surface area contributed by atoms with Crippen LogP contribution < -0.4 is 0 Å². The maximum Gasteiger partial charge on any atom is 0.230 e. The number of aromatic nitrogens is 6. The molecule has 0 atom stereocenters. The first-order valence-corrected chi connectivity index (χ1v) is 13.9. The van der Waals surface area contributed by atoms with Gasteiger partial charge in [-0.3, -0.25) is 10.2 Å². The van der Waals surface area contributed by atoms with Crippen molar-refractivity contribution in [2.45, 2.75) is 19.5 Å². The highest BCUT2D eigenvalue weighted by molar-refractivity contribution is 7.73. The van der Waals surface area contributed by atoms with E-state index in [1.54, 1.807) is 0 Å². The third-order valence-corrected chi connectivity index (χ3v) is 7.91. The lowest BCUT2D eigenvalue weighted by molar-refractivity contribution is 0.584. The Morgan fingerprint density at radius 1 is 0.730 bits per heavy atom. The molecule has 0 spiro atoms. The Hall–Kier alpha value is -3.58. The topological polar surface area (TPSA) is 91.9 Å². The standard InChI is InChI=1S/C25H20N8S4/c34-24-30-28-22(36-24)26-12-16-14-32(20-8-3-1-6-18(16)20)10-5-11-33-15-17(19-7-2-4-9-21(19)33)13-27-23-29-31-25(35)37-23/h1-4,6-9,12-15H,5,10-11H2,(H,30,34)(H,31,35)/b26-12+,27-13+. The molecule has 0 amide bonds. The van der Waals surface area contributed by atoms with E-state index in [9.17, 15) is 0 Å². The van der Waals surface area contributed by atoms with Crippen LogP contribution in [0, 0.1) is 7.91 Å². The minimum absolute atomic E-state index is 0.619. The van der Waals surface area contributed by atoms with E-state index in [4.69, 9.17) is 24.4 Å². The molecule has 0 radical (unpaired) electrons. The monoisotopic (exact) mass is 560 g/mol. The van der Waals surface area contributed by atoms with Gasteiger partial charge in [0.1, 0.15) is 0 Å². The summed E-state index contributed by atoms with van der Waals surface area (Å²) in [6, 6.07) is 16.8. The van der Waals surface area contributed by atoms with Gasteiger partial charge in [0.25, 0.3) is 0 Å². The van der Waals surface area contributed by atoms with Crippen molar-refractivity contribution in [2.75, 3.05) is 0 Å². The summed E-state index contributed by atoms with van der Waals surface area (Å²) in [6.07, 6.45) is 9.00. The van der Waals surface area contributed by atoms with Gasteiger partial charge >= 0.3 is 0 Å². The molecule has 0 bridgehead atoms. The van der Waals surface area contributed by atoms with Crippen LogP contribution in [0.4, 0.5) is 10.3 Å². The zero-order chi connectivity index (χ0) is 25.2. The van der Waals surface area contributed by atoms with E-state index < -0.39 is 0 Å². The molecule has 4 heterocycles. The molecule has 0 saturated heterocycles. The van der Waals surface area contributed by atoms with Gasteiger partial charge in [-0.05, 0) is 43.0 Å². The lowest BCUT2D eigenvalue weighted by Gasteiger charge is -2.08. The Balaban J connectivity index is 1.22. The van der Waals surface area contributed by atoms with Crippen molar-refractivity contribution in [2.24, 2.45) is 9.98 Å². The minimum atomic E-state index is 0.619. The molecular formula is C25H20N8S4. The zero-order valence-corrected chi connectivity index (χ0v) is 22.6. The third kappa shape index (κ3) is 5.14. The Labute approximate surface area is 229 Å². The van der Waals surface area contributed by atoms with E-state index in [1.807, 2.05) is 12.4 Å². The lowest BCUT2D eigenvalue weighted by atomic mass is 10.2. The number of hydrogen-bond acceptors (Lipinski definition) is 8. The molecule has 2 aromatic carbocycles. The Morgan fingerprint density at radius 2 is 1.19 bits per heavy atom. The Bertz CT molecular complexity index is 1740. The van der Waals surface area contributed by atoms with E-state index >= 15 is 0 Å². The van der Waals surface area contributed by atoms with Gasteiger partial charge < -0.3 is 9.13 Å². The molecule has 0 unspecified atom stereocenters. The molecule has 6 aromatic rings. The molecule has 8 nitrogen and oxygen atoms in total. The highest BCUT2D eigenvalue weighted by Gasteiger charge is 2.09. The molecule has 0 aliphatic heterocycles. The predicted molar refractivity (Wildman–Crippen MR) is 158 cm³/mol. The average Bonchev–Trinajstić information content (AvgIpc) is 3.69. The number of nitrogens with one attached hydrogen (secondary N) is 2. The molecule has 4 aromatic heterocycles. The molecule has 184 valence electrons. The normalized spacial score (nSPS) is 12.1. The number of nitrogens with zero attached hydrogens (tertiary/aromatic N) is 6. The summed E-state index contributed by atoms with van der Waals surface area (Å²) in [5.74, 6) is 0. The van der Waals surface area contributed by atoms with Gasteiger partial charge in [-0.15, -0.1) is 10.2 Å². The van der Waals surface area contributed by atoms with Crippen LogP contribution in [0.1, 0.15) is 17.5 Å². The smallest absolute Gasteiger partial charge is 0.230 e. The molecule has 0 aliphatic carbocycles. The van der Waals surface area contributed by atoms with Crippen LogP contribution in [0.5, 0.6) is 0 Å². The quantitative estimate of drug-likeness (QED) is 0.152. The average molecular weight is 561 g/mol. The van der Waals surface area contributed by atoms with Crippen molar-refractivity contribution in [1.82, 2.24) is 29.5 Å². The molecule has 2 N–H and O–H groups in total. The van der Waals surface area contributed by atoms with Gasteiger partial charge in [0.15, 0.2) is 7.91 Å². The van der Waals surface area contributed by atoms with E-state index in [0.717, 1.165) is 41.4 Å². The molecule has 6 rings (SSSR count). The first-order chi connectivity index (χ1) is 18.1. The van der Waals surface area contributed by atoms with Crippen LogP contribution in [0.2, 0.25) is 0 Å². The minimum Gasteiger partial charge on any atom is -0.347 e. The first-order valence-electron chi connectivity index (χ1n) is 11.5. The van der Waals surface area contributed by atoms with E-state index in [1.165, 1.54) is 33.7 Å². The summed E-state index contributed by atoms with van der Waals surface area (Å²) in [5, 5.41) is 17.4. The van der Waals surface area contributed by atoms with Crippen LogP contribution in [0.15, 0.2) is 70.9 Å². The number of aromatic amines is 2. The highest BCUT2D eigenvalue weighted by atomic mass is 32.2. The van der Waals surface area contributed by atoms with Gasteiger partial charge in [0.2, 0.25) is 10.3 Å². The van der Waals surface area contributed by atoms with Crippen molar-refractivity contribution < 1.29 is 0 Å². The van der Waals surface area contributed by atoms with Crippen molar-refractivity contribution in [3.05, 3.63) is 80.0 Å². The number of hydrogen-bond donors (Lipinski definition) is 2. The first kappa shape index (κ1) is 23.8. The number of aliphatic imine (C=N–C) groups is 2. The maximum absolute atomic E-state index is 5.11.